The van der Waals surface area contributed by atoms with Crippen LogP contribution < -0.4 is 5.32 Å². The number of rotatable bonds is 10. The second kappa shape index (κ2) is 10.0. The second-order valence-corrected chi connectivity index (χ2v) is 5.93. The molecule has 0 amide bonds. The minimum atomic E-state index is 0.752. The summed E-state index contributed by atoms with van der Waals surface area (Å²) in [7, 11) is 0. The third-order valence-electron chi connectivity index (χ3n) is 3.49. The van der Waals surface area contributed by atoms with E-state index in [2.05, 4.69) is 50.4 Å². The van der Waals surface area contributed by atoms with Gasteiger partial charge in [0.15, 0.2) is 0 Å². The average Bonchev–Trinajstić information content (AvgIpc) is 2.39. The Labute approximate surface area is 119 Å². The van der Waals surface area contributed by atoms with Gasteiger partial charge in [0, 0.05) is 0 Å². The van der Waals surface area contributed by atoms with Crippen molar-refractivity contribution < 1.29 is 0 Å². The van der Waals surface area contributed by atoms with Crippen LogP contribution >= 0.6 is 0 Å². The summed E-state index contributed by atoms with van der Waals surface area (Å²) in [5.74, 6) is 0.752. The lowest BCUT2D eigenvalue weighted by Gasteiger charge is -2.07. The largest absolute Gasteiger partial charge is 0.317 e. The Bertz CT molecular complexity index is 313. The lowest BCUT2D eigenvalue weighted by Crippen LogP contribution is -2.13. The predicted molar refractivity (Wildman–Crippen MR) is 85.7 cm³/mol. The van der Waals surface area contributed by atoms with E-state index < -0.39 is 0 Å². The molecule has 1 heteroatoms. The minimum absolute atomic E-state index is 0.752. The monoisotopic (exact) mass is 261 g/mol. The molecule has 1 aromatic rings. The summed E-state index contributed by atoms with van der Waals surface area (Å²) in [6.45, 7) is 9.01. The standard InChI is InChI=1S/C18H31N/c1-4-19-14-8-6-5-7-9-17-10-12-18(13-11-17)15-16(2)3/h10-13,16,19H,4-9,14-15H2,1-3H3. The van der Waals surface area contributed by atoms with Crippen LogP contribution in [0.25, 0.3) is 0 Å². The van der Waals surface area contributed by atoms with E-state index in [0.717, 1.165) is 12.5 Å². The smallest absolute Gasteiger partial charge is 0.00490 e. The molecule has 0 fully saturated rings. The molecule has 1 rings (SSSR count). The summed E-state index contributed by atoms with van der Waals surface area (Å²) in [5, 5.41) is 3.38. The van der Waals surface area contributed by atoms with E-state index in [1.54, 1.807) is 0 Å². The fourth-order valence-corrected chi connectivity index (χ4v) is 2.42. The molecule has 0 heterocycles. The quantitative estimate of drug-likeness (QED) is 0.607. The molecule has 0 radical (unpaired) electrons. The molecule has 0 saturated heterocycles. The number of aryl methyl sites for hydroxylation is 1. The zero-order chi connectivity index (χ0) is 13.9. The second-order valence-electron chi connectivity index (χ2n) is 5.93. The van der Waals surface area contributed by atoms with Gasteiger partial charge in [-0.1, -0.05) is 57.9 Å². The minimum Gasteiger partial charge on any atom is -0.317 e. The van der Waals surface area contributed by atoms with E-state index >= 15 is 0 Å². The highest BCUT2D eigenvalue weighted by molar-refractivity contribution is 5.22. The van der Waals surface area contributed by atoms with E-state index in [9.17, 15) is 0 Å². The molecule has 0 spiro atoms. The molecule has 1 N–H and O–H groups in total. The Hall–Kier alpha value is -0.820. The van der Waals surface area contributed by atoms with Crippen molar-refractivity contribution in [3.63, 3.8) is 0 Å². The summed E-state index contributed by atoms with van der Waals surface area (Å²) in [6.07, 6.45) is 7.81. The van der Waals surface area contributed by atoms with Crippen molar-refractivity contribution >= 4 is 0 Å². The lowest BCUT2D eigenvalue weighted by atomic mass is 10.00. The Kier molecular flexibility index (Phi) is 8.57. The first-order chi connectivity index (χ1) is 9.22. The van der Waals surface area contributed by atoms with Gasteiger partial charge in [-0.25, -0.2) is 0 Å². The number of unbranched alkanes of at least 4 members (excludes halogenated alkanes) is 3. The van der Waals surface area contributed by atoms with Crippen molar-refractivity contribution in [2.24, 2.45) is 5.92 Å². The van der Waals surface area contributed by atoms with Gasteiger partial charge in [0.05, 0.1) is 0 Å². The third-order valence-corrected chi connectivity index (χ3v) is 3.49. The van der Waals surface area contributed by atoms with Crippen molar-refractivity contribution in [1.82, 2.24) is 5.32 Å². The van der Waals surface area contributed by atoms with Crippen molar-refractivity contribution in [3.05, 3.63) is 35.4 Å². The van der Waals surface area contributed by atoms with E-state index in [1.165, 1.54) is 56.2 Å². The SMILES string of the molecule is CCNCCCCCCc1ccc(CC(C)C)cc1. The topological polar surface area (TPSA) is 12.0 Å². The van der Waals surface area contributed by atoms with E-state index in [1.807, 2.05) is 0 Å². The van der Waals surface area contributed by atoms with Crippen molar-refractivity contribution in [3.8, 4) is 0 Å². The molecular weight excluding hydrogens is 230 g/mol. The molecule has 0 aliphatic carbocycles. The van der Waals surface area contributed by atoms with Gasteiger partial charge in [-0.3, -0.25) is 0 Å². The van der Waals surface area contributed by atoms with E-state index in [4.69, 9.17) is 0 Å². The number of hydrogen-bond donors (Lipinski definition) is 1. The first-order valence-electron chi connectivity index (χ1n) is 8.01. The zero-order valence-electron chi connectivity index (χ0n) is 13.0. The van der Waals surface area contributed by atoms with Gasteiger partial charge >= 0.3 is 0 Å². The average molecular weight is 261 g/mol. The van der Waals surface area contributed by atoms with Crippen LogP contribution in [0, 0.1) is 5.92 Å². The summed E-state index contributed by atoms with van der Waals surface area (Å²) < 4.78 is 0. The molecule has 108 valence electrons. The maximum Gasteiger partial charge on any atom is -0.00490 e. The molecule has 0 aromatic heterocycles. The van der Waals surface area contributed by atoms with E-state index in [0.29, 0.717) is 0 Å². The molecule has 1 nitrogen and oxygen atoms in total. The predicted octanol–water partition coefficient (Wildman–Crippen LogP) is 4.60. The maximum atomic E-state index is 3.38. The van der Waals surface area contributed by atoms with Gasteiger partial charge in [-0.15, -0.1) is 0 Å². The highest BCUT2D eigenvalue weighted by Crippen LogP contribution is 2.12. The first-order valence-corrected chi connectivity index (χ1v) is 8.01. The maximum absolute atomic E-state index is 3.38. The Morgan fingerprint density at radius 2 is 1.53 bits per heavy atom. The Balaban J connectivity index is 2.12. The highest BCUT2D eigenvalue weighted by Gasteiger charge is 1.98. The van der Waals surface area contributed by atoms with Crippen LogP contribution in [0.1, 0.15) is 57.6 Å². The van der Waals surface area contributed by atoms with Crippen LogP contribution in [0.4, 0.5) is 0 Å². The number of hydrogen-bond acceptors (Lipinski definition) is 1. The molecule has 1 aromatic carbocycles. The summed E-state index contributed by atoms with van der Waals surface area (Å²) in [4.78, 5) is 0. The molecule has 0 saturated carbocycles. The van der Waals surface area contributed by atoms with E-state index in [-0.39, 0.29) is 0 Å². The summed E-state index contributed by atoms with van der Waals surface area (Å²) >= 11 is 0. The first kappa shape index (κ1) is 16.2. The van der Waals surface area contributed by atoms with Gasteiger partial charge in [-0.05, 0) is 55.8 Å². The summed E-state index contributed by atoms with van der Waals surface area (Å²) in [6, 6.07) is 9.24. The molecule has 0 aliphatic heterocycles. The van der Waals surface area contributed by atoms with Crippen LogP contribution in [0.15, 0.2) is 24.3 Å². The van der Waals surface area contributed by atoms with Crippen LogP contribution in [0.3, 0.4) is 0 Å². The fourth-order valence-electron chi connectivity index (χ4n) is 2.42. The highest BCUT2D eigenvalue weighted by atomic mass is 14.8. The summed E-state index contributed by atoms with van der Waals surface area (Å²) in [5.41, 5.74) is 2.98. The van der Waals surface area contributed by atoms with Crippen molar-refractivity contribution in [1.29, 1.82) is 0 Å². The number of benzene rings is 1. The molecule has 19 heavy (non-hydrogen) atoms. The van der Waals surface area contributed by atoms with Gasteiger partial charge in [0.1, 0.15) is 0 Å². The normalized spacial score (nSPS) is 11.2. The van der Waals surface area contributed by atoms with Crippen LogP contribution in [0.5, 0.6) is 0 Å². The van der Waals surface area contributed by atoms with Crippen LogP contribution in [0.2, 0.25) is 0 Å². The lowest BCUT2D eigenvalue weighted by molar-refractivity contribution is 0.598. The third kappa shape index (κ3) is 8.05. The Morgan fingerprint density at radius 3 is 2.16 bits per heavy atom. The van der Waals surface area contributed by atoms with Crippen LogP contribution in [-0.2, 0) is 12.8 Å². The molecule has 0 aliphatic rings. The van der Waals surface area contributed by atoms with Gasteiger partial charge in [0.25, 0.3) is 0 Å². The van der Waals surface area contributed by atoms with Crippen molar-refractivity contribution in [2.75, 3.05) is 13.1 Å². The Morgan fingerprint density at radius 1 is 0.895 bits per heavy atom. The van der Waals surface area contributed by atoms with Crippen molar-refractivity contribution in [2.45, 2.75) is 59.3 Å². The molecule has 0 unspecified atom stereocenters. The van der Waals surface area contributed by atoms with Gasteiger partial charge in [0.2, 0.25) is 0 Å². The zero-order valence-corrected chi connectivity index (χ0v) is 13.0. The molecule has 0 bridgehead atoms. The van der Waals surface area contributed by atoms with Crippen LogP contribution in [-0.4, -0.2) is 13.1 Å². The number of nitrogens with one attached hydrogen (secondary N) is 1. The fraction of sp³-hybridized carbons (Fsp3) is 0.667. The van der Waals surface area contributed by atoms with Gasteiger partial charge in [-0.2, -0.15) is 0 Å². The molecular formula is C18H31N. The molecule has 0 atom stereocenters. The van der Waals surface area contributed by atoms with Gasteiger partial charge < -0.3 is 5.32 Å².